The van der Waals surface area contributed by atoms with Gasteiger partial charge in [-0.3, -0.25) is 0 Å². The SMILES string of the molecule is C1=CC(c2nc(-c3ccc4ccc(-c5ccccc5)cc4c3)nc(-c3cccc4oc5cc(-c6ccc7oc8c(c7c6)C=CCC8)ccc5c34)n2)=CCC1. The summed E-state index contributed by atoms with van der Waals surface area (Å²) < 4.78 is 12.8. The van der Waals surface area contributed by atoms with Crippen molar-refractivity contribution in [3.8, 4) is 45.0 Å². The first-order valence-corrected chi connectivity index (χ1v) is 18.6. The van der Waals surface area contributed by atoms with Gasteiger partial charge in [0.1, 0.15) is 22.5 Å². The lowest BCUT2D eigenvalue weighted by Crippen LogP contribution is -2.03. The summed E-state index contributed by atoms with van der Waals surface area (Å²) in [5.41, 5.74) is 11.2. The molecule has 0 amide bonds. The molecular weight excluding hydrogens is 663 g/mol. The standard InChI is InChI=1S/C49H33N3O2/c1-3-10-30(11-4-1)33-20-18-31-19-21-36(27-37(31)26-33)48-50-47(32-12-5-2-6-13-32)51-49(52-48)40-15-9-17-44-46(40)39-24-22-35(29-45(39)54-44)34-23-25-43-41(28-34)38-14-7-8-16-42(38)53-43/h1,3-5,7,9-15,17-29H,2,6,8,16H2. The molecule has 0 radical (unpaired) electrons. The van der Waals surface area contributed by atoms with E-state index in [0.29, 0.717) is 17.5 Å². The number of fused-ring (bicyclic) bond motifs is 7. The van der Waals surface area contributed by atoms with Gasteiger partial charge in [0.25, 0.3) is 0 Å². The molecule has 0 saturated carbocycles. The molecule has 256 valence electrons. The summed E-state index contributed by atoms with van der Waals surface area (Å²) in [6.07, 6.45) is 14.9. The Kier molecular flexibility index (Phi) is 7.05. The van der Waals surface area contributed by atoms with Crippen LogP contribution in [0.4, 0.5) is 0 Å². The van der Waals surface area contributed by atoms with Gasteiger partial charge in [-0.15, -0.1) is 0 Å². The number of aromatic nitrogens is 3. The fraction of sp³-hybridized carbons (Fsp3) is 0.0816. The molecule has 0 unspecified atom stereocenters. The minimum atomic E-state index is 0.619. The third-order valence-electron chi connectivity index (χ3n) is 10.8. The number of furan rings is 2. The van der Waals surface area contributed by atoms with E-state index in [-0.39, 0.29) is 0 Å². The molecule has 0 spiro atoms. The number of aryl methyl sites for hydroxylation is 1. The van der Waals surface area contributed by atoms with Crippen LogP contribution in [0.1, 0.15) is 36.4 Å². The van der Waals surface area contributed by atoms with Gasteiger partial charge in [-0.05, 0) is 94.8 Å². The predicted octanol–water partition coefficient (Wildman–Crippen LogP) is 13.0. The second-order valence-corrected chi connectivity index (χ2v) is 14.2. The molecule has 0 fully saturated rings. The van der Waals surface area contributed by atoms with Crippen molar-refractivity contribution in [2.75, 3.05) is 0 Å². The summed E-state index contributed by atoms with van der Waals surface area (Å²) in [6, 6.07) is 42.6. The van der Waals surface area contributed by atoms with Crippen LogP contribution in [0, 0.1) is 0 Å². The number of allylic oxidation sites excluding steroid dienone is 5. The zero-order valence-electron chi connectivity index (χ0n) is 29.4. The molecule has 11 rings (SSSR count). The van der Waals surface area contributed by atoms with E-state index in [1.54, 1.807) is 0 Å². The number of hydrogen-bond donors (Lipinski definition) is 0. The second-order valence-electron chi connectivity index (χ2n) is 14.2. The van der Waals surface area contributed by atoms with Crippen LogP contribution in [-0.4, -0.2) is 15.0 Å². The van der Waals surface area contributed by atoms with Crippen LogP contribution < -0.4 is 0 Å². The lowest BCUT2D eigenvalue weighted by molar-refractivity contribution is 0.546. The van der Waals surface area contributed by atoms with Crippen LogP contribution in [0.25, 0.3) is 100 Å². The molecule has 2 aliphatic rings. The van der Waals surface area contributed by atoms with Crippen molar-refractivity contribution in [1.82, 2.24) is 15.0 Å². The number of hydrogen-bond acceptors (Lipinski definition) is 5. The quantitative estimate of drug-likeness (QED) is 0.179. The molecule has 0 saturated heterocycles. The summed E-state index contributed by atoms with van der Waals surface area (Å²) >= 11 is 0. The molecule has 6 aromatic carbocycles. The van der Waals surface area contributed by atoms with Gasteiger partial charge < -0.3 is 8.83 Å². The minimum Gasteiger partial charge on any atom is -0.460 e. The summed E-state index contributed by atoms with van der Waals surface area (Å²) in [6.45, 7) is 0. The van der Waals surface area contributed by atoms with Gasteiger partial charge in [-0.25, -0.2) is 15.0 Å². The highest BCUT2D eigenvalue weighted by Crippen LogP contribution is 2.40. The first-order valence-electron chi connectivity index (χ1n) is 18.6. The maximum atomic E-state index is 6.57. The summed E-state index contributed by atoms with van der Waals surface area (Å²) in [5.74, 6) is 3.00. The lowest BCUT2D eigenvalue weighted by atomic mass is 9.98. The fourth-order valence-electron chi connectivity index (χ4n) is 8.05. The number of rotatable bonds is 5. The average Bonchev–Trinajstić information content (AvgIpc) is 3.81. The molecule has 3 aromatic heterocycles. The van der Waals surface area contributed by atoms with Crippen molar-refractivity contribution in [1.29, 1.82) is 0 Å². The van der Waals surface area contributed by atoms with Crippen molar-refractivity contribution in [2.45, 2.75) is 25.7 Å². The molecule has 54 heavy (non-hydrogen) atoms. The fourth-order valence-corrected chi connectivity index (χ4v) is 8.05. The van der Waals surface area contributed by atoms with Crippen LogP contribution >= 0.6 is 0 Å². The molecule has 5 nitrogen and oxygen atoms in total. The first-order chi connectivity index (χ1) is 26.7. The number of nitrogens with zero attached hydrogens (tertiary/aromatic N) is 3. The van der Waals surface area contributed by atoms with Crippen molar-refractivity contribution >= 4 is 55.3 Å². The normalized spacial score (nSPS) is 14.0. The van der Waals surface area contributed by atoms with Crippen LogP contribution in [0.2, 0.25) is 0 Å². The molecule has 3 heterocycles. The topological polar surface area (TPSA) is 65.0 Å². The Morgan fingerprint density at radius 3 is 2.15 bits per heavy atom. The van der Waals surface area contributed by atoms with Crippen molar-refractivity contribution < 1.29 is 8.83 Å². The zero-order valence-corrected chi connectivity index (χ0v) is 29.4. The second kappa shape index (κ2) is 12.4. The smallest absolute Gasteiger partial charge is 0.164 e. The van der Waals surface area contributed by atoms with Crippen molar-refractivity contribution in [3.05, 3.63) is 163 Å². The lowest BCUT2D eigenvalue weighted by Gasteiger charge is -2.12. The van der Waals surface area contributed by atoms with E-state index in [0.717, 1.165) is 97.6 Å². The van der Waals surface area contributed by atoms with Crippen LogP contribution in [0.3, 0.4) is 0 Å². The van der Waals surface area contributed by atoms with E-state index < -0.39 is 0 Å². The molecule has 2 aliphatic carbocycles. The van der Waals surface area contributed by atoms with Crippen LogP contribution in [0.5, 0.6) is 0 Å². The third kappa shape index (κ3) is 5.20. The molecular formula is C49H33N3O2. The first kappa shape index (κ1) is 30.7. The van der Waals surface area contributed by atoms with Gasteiger partial charge in [0.05, 0.1) is 0 Å². The molecule has 0 bridgehead atoms. The van der Waals surface area contributed by atoms with E-state index in [1.807, 2.05) is 18.2 Å². The van der Waals surface area contributed by atoms with E-state index in [1.165, 1.54) is 22.1 Å². The zero-order chi connectivity index (χ0) is 35.6. The van der Waals surface area contributed by atoms with Crippen molar-refractivity contribution in [2.24, 2.45) is 0 Å². The maximum absolute atomic E-state index is 6.57. The number of benzene rings is 6. The van der Waals surface area contributed by atoms with Crippen LogP contribution in [-0.2, 0) is 6.42 Å². The Hall–Kier alpha value is -6.85. The van der Waals surface area contributed by atoms with E-state index in [2.05, 4.69) is 134 Å². The van der Waals surface area contributed by atoms with Crippen molar-refractivity contribution in [3.63, 3.8) is 0 Å². The summed E-state index contributed by atoms with van der Waals surface area (Å²) in [5, 5.41) is 5.47. The predicted molar refractivity (Wildman–Crippen MR) is 220 cm³/mol. The maximum Gasteiger partial charge on any atom is 0.164 e. The Balaban J connectivity index is 1.04. The molecule has 0 aliphatic heterocycles. The van der Waals surface area contributed by atoms with Gasteiger partial charge in [0.15, 0.2) is 17.5 Å². The highest BCUT2D eigenvalue weighted by molar-refractivity contribution is 6.12. The summed E-state index contributed by atoms with van der Waals surface area (Å²) in [7, 11) is 0. The molecule has 0 N–H and O–H groups in total. The van der Waals surface area contributed by atoms with Gasteiger partial charge in [0, 0.05) is 44.8 Å². The Morgan fingerprint density at radius 2 is 1.24 bits per heavy atom. The highest BCUT2D eigenvalue weighted by atomic mass is 16.3. The van der Waals surface area contributed by atoms with Crippen LogP contribution in [0.15, 0.2) is 154 Å². The Bertz CT molecular complexity index is 3050. The largest absolute Gasteiger partial charge is 0.460 e. The monoisotopic (exact) mass is 695 g/mol. The molecule has 9 aromatic rings. The van der Waals surface area contributed by atoms with E-state index in [9.17, 15) is 0 Å². The molecule has 5 heteroatoms. The van der Waals surface area contributed by atoms with Gasteiger partial charge >= 0.3 is 0 Å². The summed E-state index contributed by atoms with van der Waals surface area (Å²) in [4.78, 5) is 15.4. The average molecular weight is 696 g/mol. The Morgan fingerprint density at radius 1 is 0.463 bits per heavy atom. The van der Waals surface area contributed by atoms with Gasteiger partial charge in [0.2, 0.25) is 0 Å². The van der Waals surface area contributed by atoms with E-state index >= 15 is 0 Å². The van der Waals surface area contributed by atoms with Gasteiger partial charge in [-0.1, -0.05) is 109 Å². The minimum absolute atomic E-state index is 0.619. The highest BCUT2D eigenvalue weighted by Gasteiger charge is 2.20. The third-order valence-corrected chi connectivity index (χ3v) is 10.8. The molecule has 0 atom stereocenters. The Labute approximate surface area is 311 Å². The van der Waals surface area contributed by atoms with Gasteiger partial charge in [-0.2, -0.15) is 0 Å². The van der Waals surface area contributed by atoms with E-state index in [4.69, 9.17) is 23.8 Å².